The molecule has 1 N–H and O–H groups in total. The zero-order valence-electron chi connectivity index (χ0n) is 13.2. The fourth-order valence-corrected chi connectivity index (χ4v) is 3.38. The summed E-state index contributed by atoms with van der Waals surface area (Å²) in [6, 6.07) is 7.46. The lowest BCUT2D eigenvalue weighted by atomic mass is 10.2. The van der Waals surface area contributed by atoms with Crippen LogP contribution in [0.4, 0.5) is 0 Å². The first-order valence-corrected chi connectivity index (χ1v) is 9.21. The quantitative estimate of drug-likeness (QED) is 0.577. The Kier molecular flexibility index (Phi) is 5.58. The summed E-state index contributed by atoms with van der Waals surface area (Å²) in [5, 5.41) is 12.8. The molecule has 2 aromatic rings. The number of halogens is 1. The maximum absolute atomic E-state index is 12.1. The maximum Gasteiger partial charge on any atom is 0.230 e. The van der Waals surface area contributed by atoms with Crippen molar-refractivity contribution in [3.8, 4) is 0 Å². The van der Waals surface area contributed by atoms with Crippen molar-refractivity contribution in [2.75, 3.05) is 5.75 Å². The Labute approximate surface area is 150 Å². The minimum absolute atomic E-state index is 0.0406. The van der Waals surface area contributed by atoms with Crippen molar-refractivity contribution in [3.05, 3.63) is 53.3 Å². The Morgan fingerprint density at radius 2 is 2.29 bits per heavy atom. The zero-order valence-corrected chi connectivity index (χ0v) is 14.8. The molecule has 1 aromatic carbocycles. The van der Waals surface area contributed by atoms with Gasteiger partial charge in [-0.3, -0.25) is 4.79 Å². The molecule has 24 heavy (non-hydrogen) atoms. The third-order valence-corrected chi connectivity index (χ3v) is 4.91. The van der Waals surface area contributed by atoms with E-state index in [-0.39, 0.29) is 5.91 Å². The summed E-state index contributed by atoms with van der Waals surface area (Å²) in [6.07, 6.45) is 4.17. The van der Waals surface area contributed by atoms with Gasteiger partial charge in [-0.05, 0) is 30.5 Å². The number of carbonyl (C=O) groups excluding carboxylic acids is 1. The summed E-state index contributed by atoms with van der Waals surface area (Å²) < 4.78 is 2.06. The SMILES string of the molecule is C=CCn1c(SCC(=O)NCc2cccc(Cl)c2)nnc1C1CC1. The van der Waals surface area contributed by atoms with Gasteiger partial charge in [0.25, 0.3) is 0 Å². The van der Waals surface area contributed by atoms with Crippen LogP contribution < -0.4 is 5.32 Å². The Balaban J connectivity index is 1.53. The van der Waals surface area contributed by atoms with E-state index in [1.165, 1.54) is 24.6 Å². The van der Waals surface area contributed by atoms with E-state index < -0.39 is 0 Å². The van der Waals surface area contributed by atoms with Gasteiger partial charge in [-0.25, -0.2) is 0 Å². The van der Waals surface area contributed by atoms with E-state index in [1.807, 2.05) is 30.3 Å². The topological polar surface area (TPSA) is 59.8 Å². The number of nitrogens with one attached hydrogen (secondary N) is 1. The van der Waals surface area contributed by atoms with Crippen LogP contribution in [-0.4, -0.2) is 26.4 Å². The molecule has 1 aromatic heterocycles. The van der Waals surface area contributed by atoms with E-state index >= 15 is 0 Å². The number of aromatic nitrogens is 3. The third-order valence-electron chi connectivity index (χ3n) is 3.71. The number of amides is 1. The number of nitrogens with zero attached hydrogens (tertiary/aromatic N) is 3. The van der Waals surface area contributed by atoms with Crippen LogP contribution in [0.25, 0.3) is 0 Å². The summed E-state index contributed by atoms with van der Waals surface area (Å²) in [5.74, 6) is 1.79. The Hall–Kier alpha value is -1.79. The van der Waals surface area contributed by atoms with Crippen molar-refractivity contribution in [1.82, 2.24) is 20.1 Å². The Morgan fingerprint density at radius 1 is 1.46 bits per heavy atom. The average Bonchev–Trinajstić information content (AvgIpc) is 3.34. The molecule has 3 rings (SSSR count). The molecule has 5 nitrogen and oxygen atoms in total. The number of allylic oxidation sites excluding steroid dienone is 1. The molecule has 0 aliphatic heterocycles. The zero-order chi connectivity index (χ0) is 16.9. The molecule has 0 saturated heterocycles. The van der Waals surface area contributed by atoms with Gasteiger partial charge in [0.05, 0.1) is 5.75 Å². The minimum atomic E-state index is -0.0406. The molecule has 126 valence electrons. The van der Waals surface area contributed by atoms with Gasteiger partial charge in [0.15, 0.2) is 5.16 Å². The van der Waals surface area contributed by atoms with Gasteiger partial charge in [-0.15, -0.1) is 16.8 Å². The second kappa shape index (κ2) is 7.85. The first kappa shape index (κ1) is 17.0. The molecule has 0 atom stereocenters. The van der Waals surface area contributed by atoms with Crippen molar-refractivity contribution in [1.29, 1.82) is 0 Å². The summed E-state index contributed by atoms with van der Waals surface area (Å²) in [6.45, 7) is 4.92. The highest BCUT2D eigenvalue weighted by molar-refractivity contribution is 7.99. The summed E-state index contributed by atoms with van der Waals surface area (Å²) in [5.41, 5.74) is 0.978. The van der Waals surface area contributed by atoms with E-state index in [9.17, 15) is 4.79 Å². The Morgan fingerprint density at radius 3 is 3.00 bits per heavy atom. The number of hydrogen-bond acceptors (Lipinski definition) is 4. The molecule has 0 unspecified atom stereocenters. The lowest BCUT2D eigenvalue weighted by Gasteiger charge is -2.08. The fourth-order valence-electron chi connectivity index (χ4n) is 2.38. The number of rotatable bonds is 8. The Bertz CT molecular complexity index is 742. The molecule has 0 radical (unpaired) electrons. The summed E-state index contributed by atoms with van der Waals surface area (Å²) in [4.78, 5) is 12.1. The second-order valence-corrected chi connectivity index (χ2v) is 7.09. The van der Waals surface area contributed by atoms with Gasteiger partial charge in [-0.1, -0.05) is 41.6 Å². The molecule has 1 aliphatic carbocycles. The van der Waals surface area contributed by atoms with Crippen molar-refractivity contribution < 1.29 is 4.79 Å². The van der Waals surface area contributed by atoms with Crippen LogP contribution in [0.3, 0.4) is 0 Å². The number of hydrogen-bond donors (Lipinski definition) is 1. The van der Waals surface area contributed by atoms with Crippen LogP contribution in [0.15, 0.2) is 42.1 Å². The fraction of sp³-hybridized carbons (Fsp3) is 0.353. The second-order valence-electron chi connectivity index (χ2n) is 5.71. The summed E-state index contributed by atoms with van der Waals surface area (Å²) >= 11 is 7.34. The molecule has 1 amide bonds. The molecule has 1 saturated carbocycles. The average molecular weight is 363 g/mol. The van der Waals surface area contributed by atoms with E-state index in [1.54, 1.807) is 0 Å². The minimum Gasteiger partial charge on any atom is -0.351 e. The van der Waals surface area contributed by atoms with E-state index in [0.717, 1.165) is 16.5 Å². The molecule has 0 bridgehead atoms. The first-order chi connectivity index (χ1) is 11.7. The lowest BCUT2D eigenvalue weighted by Crippen LogP contribution is -2.24. The maximum atomic E-state index is 12.1. The summed E-state index contributed by atoms with van der Waals surface area (Å²) in [7, 11) is 0. The largest absolute Gasteiger partial charge is 0.351 e. The highest BCUT2D eigenvalue weighted by Gasteiger charge is 2.30. The van der Waals surface area contributed by atoms with Gasteiger partial charge < -0.3 is 9.88 Å². The van der Waals surface area contributed by atoms with Gasteiger partial charge in [-0.2, -0.15) is 0 Å². The molecular weight excluding hydrogens is 344 g/mol. The monoisotopic (exact) mass is 362 g/mol. The van der Waals surface area contributed by atoms with E-state index in [0.29, 0.717) is 29.8 Å². The van der Waals surface area contributed by atoms with Crippen LogP contribution in [0.2, 0.25) is 5.02 Å². The van der Waals surface area contributed by atoms with Crippen LogP contribution in [0.5, 0.6) is 0 Å². The highest BCUT2D eigenvalue weighted by Crippen LogP contribution is 2.40. The van der Waals surface area contributed by atoms with Crippen LogP contribution in [-0.2, 0) is 17.9 Å². The normalized spacial score (nSPS) is 13.7. The highest BCUT2D eigenvalue weighted by atomic mass is 35.5. The number of benzene rings is 1. The first-order valence-electron chi connectivity index (χ1n) is 7.85. The van der Waals surface area contributed by atoms with Gasteiger partial charge in [0, 0.05) is 24.0 Å². The van der Waals surface area contributed by atoms with Crippen molar-refractivity contribution in [2.45, 2.75) is 37.0 Å². The van der Waals surface area contributed by atoms with Crippen molar-refractivity contribution in [2.24, 2.45) is 0 Å². The smallest absolute Gasteiger partial charge is 0.230 e. The molecule has 1 heterocycles. The van der Waals surface area contributed by atoms with Crippen LogP contribution in [0, 0.1) is 0 Å². The third kappa shape index (κ3) is 4.39. The van der Waals surface area contributed by atoms with Gasteiger partial charge in [0.2, 0.25) is 5.91 Å². The number of carbonyl (C=O) groups is 1. The van der Waals surface area contributed by atoms with Gasteiger partial charge in [0.1, 0.15) is 5.82 Å². The molecule has 1 fully saturated rings. The standard InChI is InChI=1S/C17H19ClN4OS/c1-2-8-22-16(13-6-7-13)20-21-17(22)24-11-15(23)19-10-12-4-3-5-14(18)9-12/h2-5,9,13H,1,6-8,10-11H2,(H,19,23). The number of thioether (sulfide) groups is 1. The predicted molar refractivity (Wildman–Crippen MR) is 96.2 cm³/mol. The van der Waals surface area contributed by atoms with E-state index in [4.69, 9.17) is 11.6 Å². The van der Waals surface area contributed by atoms with E-state index in [2.05, 4.69) is 26.7 Å². The molecular formula is C17H19ClN4OS. The van der Waals surface area contributed by atoms with Crippen LogP contribution >= 0.6 is 23.4 Å². The predicted octanol–water partition coefficient (Wildman–Crippen LogP) is 3.40. The van der Waals surface area contributed by atoms with Gasteiger partial charge >= 0.3 is 0 Å². The van der Waals surface area contributed by atoms with Crippen LogP contribution in [0.1, 0.15) is 30.1 Å². The molecule has 0 spiro atoms. The molecule has 1 aliphatic rings. The molecule has 7 heteroatoms. The van der Waals surface area contributed by atoms with Crippen molar-refractivity contribution in [3.63, 3.8) is 0 Å². The van der Waals surface area contributed by atoms with Crippen molar-refractivity contribution >= 4 is 29.3 Å². The lowest BCUT2D eigenvalue weighted by molar-refractivity contribution is -0.118.